The molecule has 1 aliphatic heterocycles. The molecular weight excluding hydrogens is 371 g/mol. The first-order valence-electron chi connectivity index (χ1n) is 11.5. The minimum Gasteiger partial charge on any atom is -0.380 e. The molecule has 29 heavy (non-hydrogen) atoms. The van der Waals surface area contributed by atoms with Gasteiger partial charge in [-0.25, -0.2) is 0 Å². The lowest BCUT2D eigenvalue weighted by Crippen LogP contribution is -2.25. The van der Waals surface area contributed by atoms with Crippen LogP contribution in [0.25, 0.3) is 0 Å². The van der Waals surface area contributed by atoms with E-state index in [-0.39, 0.29) is 13.3 Å². The molecule has 2 heteroatoms. The Morgan fingerprint density at radius 2 is 1.55 bits per heavy atom. The Labute approximate surface area is 184 Å². The smallest absolute Gasteiger partial charge is 0.0661 e. The molecule has 1 nitrogen and oxygen atoms in total. The molecule has 2 unspecified atom stereocenters. The molecule has 0 aromatic heterocycles. The van der Waals surface area contributed by atoms with Crippen LogP contribution in [0, 0.1) is 10.8 Å². The van der Waals surface area contributed by atoms with E-state index in [1.807, 2.05) is 7.11 Å². The maximum atomic E-state index is 5.38. The third-order valence-electron chi connectivity index (χ3n) is 5.89. The van der Waals surface area contributed by atoms with Crippen molar-refractivity contribution in [3.63, 3.8) is 0 Å². The van der Waals surface area contributed by atoms with Gasteiger partial charge < -0.3 is 4.74 Å². The summed E-state index contributed by atoms with van der Waals surface area (Å²) in [5, 5.41) is 0. The summed E-state index contributed by atoms with van der Waals surface area (Å²) in [7, 11) is 1.92. The summed E-state index contributed by atoms with van der Waals surface area (Å²) in [4.78, 5) is 0. The fourth-order valence-electron chi connectivity index (χ4n) is 4.01. The Bertz CT molecular complexity index is 631. The van der Waals surface area contributed by atoms with E-state index in [9.17, 15) is 0 Å². The summed E-state index contributed by atoms with van der Waals surface area (Å²) >= 11 is 0. The van der Waals surface area contributed by atoms with Crippen molar-refractivity contribution in [1.82, 2.24) is 0 Å². The van der Waals surface area contributed by atoms with Crippen LogP contribution in [0.3, 0.4) is 0 Å². The van der Waals surface area contributed by atoms with Crippen molar-refractivity contribution in [1.29, 1.82) is 0 Å². The molecule has 2 atom stereocenters. The van der Waals surface area contributed by atoms with Gasteiger partial charge in [-0.1, -0.05) is 109 Å². The lowest BCUT2D eigenvalue weighted by Gasteiger charge is -2.34. The molecule has 0 radical (unpaired) electrons. The maximum absolute atomic E-state index is 5.38. The van der Waals surface area contributed by atoms with Gasteiger partial charge in [-0.2, -0.15) is 0 Å². The van der Waals surface area contributed by atoms with E-state index < -0.39 is 0 Å². The summed E-state index contributed by atoms with van der Waals surface area (Å²) in [6.07, 6.45) is 4.80. The van der Waals surface area contributed by atoms with Gasteiger partial charge in [0.1, 0.15) is 0 Å². The standard InChI is InChI=1S/C21H35OP.C6H14/c1-15(2)18-11-16(21(6,7)13-20(3,4)5)9-10-17(18)19-12-23(19)14-22-8;1-5-6(2,3)4/h9-11,15,19H,12-14H2,1-8H3;5H2,1-4H3. The van der Waals surface area contributed by atoms with E-state index in [0.717, 1.165) is 12.0 Å². The van der Waals surface area contributed by atoms with Crippen molar-refractivity contribution in [3.05, 3.63) is 34.9 Å². The van der Waals surface area contributed by atoms with Crippen molar-refractivity contribution in [2.24, 2.45) is 10.8 Å². The van der Waals surface area contributed by atoms with Gasteiger partial charge in [-0.05, 0) is 51.4 Å². The van der Waals surface area contributed by atoms with Crippen molar-refractivity contribution in [2.75, 3.05) is 19.6 Å². The first-order valence-corrected chi connectivity index (χ1v) is 13.3. The molecule has 1 aromatic carbocycles. The molecule has 1 aromatic rings. The summed E-state index contributed by atoms with van der Waals surface area (Å²) in [6.45, 7) is 25.4. The first-order chi connectivity index (χ1) is 13.1. The maximum Gasteiger partial charge on any atom is 0.0661 e. The predicted octanol–water partition coefficient (Wildman–Crippen LogP) is 9.11. The average Bonchev–Trinajstić information content (AvgIpc) is 3.31. The average molecular weight is 421 g/mol. The Hall–Kier alpha value is -0.390. The Kier molecular flexibility index (Phi) is 9.44. The van der Waals surface area contributed by atoms with Crippen LogP contribution >= 0.6 is 7.92 Å². The molecule has 1 aliphatic rings. The summed E-state index contributed by atoms with van der Waals surface area (Å²) in [6, 6.07) is 7.33. The molecule has 1 saturated heterocycles. The van der Waals surface area contributed by atoms with Gasteiger partial charge in [0.05, 0.1) is 6.35 Å². The summed E-state index contributed by atoms with van der Waals surface area (Å²) in [5.74, 6) is 0.593. The lowest BCUT2D eigenvalue weighted by atomic mass is 9.71. The normalized spacial score (nSPS) is 19.8. The molecule has 2 rings (SSSR count). The van der Waals surface area contributed by atoms with Gasteiger partial charge >= 0.3 is 0 Å². The fraction of sp³-hybridized carbons (Fsp3) is 0.778. The molecule has 0 spiro atoms. The van der Waals surface area contributed by atoms with Crippen molar-refractivity contribution in [2.45, 2.75) is 106 Å². The molecular formula is C27H49OP. The molecule has 0 aliphatic carbocycles. The largest absolute Gasteiger partial charge is 0.380 e. The third kappa shape index (κ3) is 9.10. The van der Waals surface area contributed by atoms with Crippen LogP contribution in [-0.4, -0.2) is 19.6 Å². The molecule has 1 heterocycles. The minimum absolute atomic E-state index is 0.0867. The van der Waals surface area contributed by atoms with E-state index >= 15 is 0 Å². The van der Waals surface area contributed by atoms with Crippen LogP contribution < -0.4 is 0 Å². The van der Waals surface area contributed by atoms with Crippen LogP contribution in [0.5, 0.6) is 0 Å². The van der Waals surface area contributed by atoms with E-state index in [1.54, 1.807) is 11.1 Å². The number of rotatable bonds is 6. The van der Waals surface area contributed by atoms with Crippen molar-refractivity contribution in [3.8, 4) is 0 Å². The van der Waals surface area contributed by atoms with E-state index in [0.29, 0.717) is 16.7 Å². The first kappa shape index (κ1) is 26.6. The zero-order chi connectivity index (χ0) is 22.6. The van der Waals surface area contributed by atoms with E-state index in [4.69, 9.17) is 4.74 Å². The van der Waals surface area contributed by atoms with E-state index in [2.05, 4.69) is 94.4 Å². The zero-order valence-corrected chi connectivity index (χ0v) is 22.5. The van der Waals surface area contributed by atoms with Gasteiger partial charge in [0, 0.05) is 12.8 Å². The summed E-state index contributed by atoms with van der Waals surface area (Å²) < 4.78 is 5.38. The number of methoxy groups -OCH3 is 1. The number of ether oxygens (including phenoxy) is 1. The highest BCUT2D eigenvalue weighted by atomic mass is 31.1. The van der Waals surface area contributed by atoms with Crippen LogP contribution in [-0.2, 0) is 10.2 Å². The van der Waals surface area contributed by atoms with Crippen LogP contribution in [0.1, 0.15) is 117 Å². The minimum atomic E-state index is 0.0867. The molecule has 0 saturated carbocycles. The Morgan fingerprint density at radius 3 is 1.97 bits per heavy atom. The van der Waals surface area contributed by atoms with Gasteiger partial charge in [0.25, 0.3) is 0 Å². The lowest BCUT2D eigenvalue weighted by molar-refractivity contribution is 0.256. The molecule has 168 valence electrons. The van der Waals surface area contributed by atoms with Gasteiger partial charge in [0.15, 0.2) is 0 Å². The Balaban J connectivity index is 0.000000612. The number of hydrogen-bond donors (Lipinski definition) is 0. The molecule has 0 bridgehead atoms. The quantitative estimate of drug-likeness (QED) is 0.417. The molecule has 0 N–H and O–H groups in total. The molecule has 1 fully saturated rings. The van der Waals surface area contributed by atoms with Gasteiger partial charge in [-0.15, -0.1) is 0 Å². The predicted molar refractivity (Wildman–Crippen MR) is 134 cm³/mol. The van der Waals surface area contributed by atoms with Crippen molar-refractivity contribution < 1.29 is 4.74 Å². The number of hydrogen-bond acceptors (Lipinski definition) is 1. The highest BCUT2D eigenvalue weighted by molar-refractivity contribution is 7.65. The summed E-state index contributed by atoms with van der Waals surface area (Å²) in [5.41, 5.74) is 6.55. The second-order valence-electron chi connectivity index (χ2n) is 12.2. The highest BCUT2D eigenvalue weighted by Crippen LogP contribution is 2.69. The highest BCUT2D eigenvalue weighted by Gasteiger charge is 2.39. The second-order valence-corrected chi connectivity index (χ2v) is 14.7. The van der Waals surface area contributed by atoms with Crippen LogP contribution in [0.2, 0.25) is 0 Å². The van der Waals surface area contributed by atoms with Gasteiger partial charge in [0.2, 0.25) is 0 Å². The third-order valence-corrected chi connectivity index (χ3v) is 8.19. The van der Waals surface area contributed by atoms with Crippen LogP contribution in [0.15, 0.2) is 18.2 Å². The fourth-order valence-corrected chi connectivity index (χ4v) is 6.14. The molecule has 0 amide bonds. The second kappa shape index (κ2) is 10.3. The van der Waals surface area contributed by atoms with E-state index in [1.165, 1.54) is 24.6 Å². The number of benzene rings is 1. The zero-order valence-electron chi connectivity index (χ0n) is 21.6. The SMILES string of the molecule is CCC(C)(C)C.COCP1CC1c1ccc(C(C)(C)CC(C)(C)C)cc1C(C)C. The monoisotopic (exact) mass is 420 g/mol. The van der Waals surface area contributed by atoms with Crippen molar-refractivity contribution >= 4 is 7.92 Å². The van der Waals surface area contributed by atoms with Gasteiger partial charge in [-0.3, -0.25) is 0 Å². The topological polar surface area (TPSA) is 9.23 Å². The van der Waals surface area contributed by atoms with Crippen LogP contribution in [0.4, 0.5) is 0 Å². The Morgan fingerprint density at radius 1 is 1.00 bits per heavy atom.